The van der Waals surface area contributed by atoms with Crippen LogP contribution in [0.5, 0.6) is 5.75 Å². The topological polar surface area (TPSA) is 21.3 Å². The van der Waals surface area contributed by atoms with Crippen LogP contribution in [0.25, 0.3) is 10.8 Å². The van der Waals surface area contributed by atoms with Crippen LogP contribution in [0.4, 0.5) is 0 Å². The molecule has 0 aliphatic carbocycles. The highest BCUT2D eigenvalue weighted by molar-refractivity contribution is 5.87. The van der Waals surface area contributed by atoms with Crippen LogP contribution in [0.15, 0.2) is 36.4 Å². The zero-order valence-corrected chi connectivity index (χ0v) is 12.0. The first-order valence-electron chi connectivity index (χ1n) is 7.14. The van der Waals surface area contributed by atoms with Gasteiger partial charge in [-0.05, 0) is 29.8 Å². The molecule has 0 aliphatic rings. The zero-order chi connectivity index (χ0) is 14.2. The summed E-state index contributed by atoms with van der Waals surface area (Å²) >= 11 is 0. The van der Waals surface area contributed by atoms with E-state index in [1.807, 2.05) is 6.07 Å². The van der Waals surface area contributed by atoms with E-state index in [1.165, 1.54) is 29.2 Å². The molecule has 104 valence electrons. The first kappa shape index (κ1) is 14.4. The van der Waals surface area contributed by atoms with E-state index in [9.17, 15) is 0 Å². The Bertz CT molecular complexity index is 598. The molecule has 0 aliphatic heterocycles. The van der Waals surface area contributed by atoms with E-state index in [1.54, 1.807) is 0 Å². The summed E-state index contributed by atoms with van der Waals surface area (Å²) in [5.41, 5.74) is 1.19. The molecule has 2 nitrogen and oxygen atoms in total. The molecule has 0 unspecified atom stereocenters. The lowest BCUT2D eigenvalue weighted by atomic mass is 10.0. The molecule has 2 heteroatoms. The lowest BCUT2D eigenvalue weighted by Crippen LogP contribution is -2.15. The van der Waals surface area contributed by atoms with E-state index in [4.69, 9.17) is 11.2 Å². The van der Waals surface area contributed by atoms with Gasteiger partial charge in [0.15, 0.2) is 0 Å². The van der Waals surface area contributed by atoms with Gasteiger partial charge in [-0.25, -0.2) is 0 Å². The zero-order valence-electron chi connectivity index (χ0n) is 12.0. The third-order valence-electron chi connectivity index (χ3n) is 3.32. The lowest BCUT2D eigenvalue weighted by molar-refractivity contribution is 0.365. The van der Waals surface area contributed by atoms with Crippen molar-refractivity contribution < 1.29 is 4.74 Å². The van der Waals surface area contributed by atoms with Crippen LogP contribution < -0.4 is 10.1 Å². The maximum Gasteiger partial charge on any atom is 0.148 e. The second-order valence-corrected chi connectivity index (χ2v) is 4.79. The van der Waals surface area contributed by atoms with Crippen LogP contribution in [0.1, 0.15) is 25.3 Å². The highest BCUT2D eigenvalue weighted by Crippen LogP contribution is 2.28. The van der Waals surface area contributed by atoms with Gasteiger partial charge in [0, 0.05) is 12.1 Å². The SMILES string of the molecule is C#CCOc1ccc2ccccc2c1CNCCCC. The van der Waals surface area contributed by atoms with Gasteiger partial charge in [0.2, 0.25) is 0 Å². The van der Waals surface area contributed by atoms with Crippen LogP contribution in [0.3, 0.4) is 0 Å². The summed E-state index contributed by atoms with van der Waals surface area (Å²) in [6, 6.07) is 12.5. The lowest BCUT2D eigenvalue weighted by Gasteiger charge is -2.14. The quantitative estimate of drug-likeness (QED) is 0.609. The van der Waals surface area contributed by atoms with Crippen molar-refractivity contribution in [1.82, 2.24) is 5.32 Å². The highest BCUT2D eigenvalue weighted by atomic mass is 16.5. The number of hydrogen-bond acceptors (Lipinski definition) is 2. The van der Waals surface area contributed by atoms with Crippen LogP contribution in [-0.4, -0.2) is 13.2 Å². The van der Waals surface area contributed by atoms with Crippen LogP contribution in [-0.2, 0) is 6.54 Å². The number of hydrogen-bond donors (Lipinski definition) is 1. The first-order valence-corrected chi connectivity index (χ1v) is 7.14. The average molecular weight is 267 g/mol. The Labute approximate surface area is 121 Å². The standard InChI is InChI=1S/C18H21NO/c1-3-5-12-19-14-17-16-9-7-6-8-15(16)10-11-18(17)20-13-4-2/h2,6-11,19H,3,5,12-14H2,1H3. The van der Waals surface area contributed by atoms with Crippen molar-refractivity contribution in [3.8, 4) is 18.1 Å². The third kappa shape index (κ3) is 3.53. The summed E-state index contributed by atoms with van der Waals surface area (Å²) in [6.45, 7) is 4.33. The summed E-state index contributed by atoms with van der Waals surface area (Å²) in [5, 5.41) is 5.94. The molecule has 0 radical (unpaired) electrons. The van der Waals surface area contributed by atoms with Crippen LogP contribution in [0.2, 0.25) is 0 Å². The number of nitrogens with one attached hydrogen (secondary N) is 1. The molecule has 2 aromatic carbocycles. The van der Waals surface area contributed by atoms with Gasteiger partial charge in [-0.3, -0.25) is 0 Å². The Morgan fingerprint density at radius 1 is 1.20 bits per heavy atom. The molecule has 0 bridgehead atoms. The predicted octanol–water partition coefficient (Wildman–Crippen LogP) is 3.74. The van der Waals surface area contributed by atoms with E-state index < -0.39 is 0 Å². The smallest absolute Gasteiger partial charge is 0.148 e. The molecule has 2 aromatic rings. The maximum absolute atomic E-state index is 5.68. The fraction of sp³-hybridized carbons (Fsp3) is 0.333. The van der Waals surface area contributed by atoms with Crippen molar-refractivity contribution in [2.45, 2.75) is 26.3 Å². The van der Waals surface area contributed by atoms with Crippen LogP contribution in [0, 0.1) is 12.3 Å². The molecule has 0 saturated heterocycles. The molecule has 0 atom stereocenters. The fourth-order valence-electron chi connectivity index (χ4n) is 2.27. The van der Waals surface area contributed by atoms with Gasteiger partial charge in [0.25, 0.3) is 0 Å². The summed E-state index contributed by atoms with van der Waals surface area (Å²) in [7, 11) is 0. The van der Waals surface area contributed by atoms with Gasteiger partial charge in [-0.1, -0.05) is 49.6 Å². The molecule has 1 N–H and O–H groups in total. The number of rotatable bonds is 7. The van der Waals surface area contributed by atoms with Crippen molar-refractivity contribution in [2.24, 2.45) is 0 Å². The van der Waals surface area contributed by atoms with Gasteiger partial charge in [-0.2, -0.15) is 0 Å². The van der Waals surface area contributed by atoms with Crippen molar-refractivity contribution in [2.75, 3.05) is 13.2 Å². The van der Waals surface area contributed by atoms with Crippen molar-refractivity contribution in [1.29, 1.82) is 0 Å². The highest BCUT2D eigenvalue weighted by Gasteiger charge is 2.08. The molecular formula is C18H21NO. The molecule has 0 aromatic heterocycles. The third-order valence-corrected chi connectivity index (χ3v) is 3.32. The Morgan fingerprint density at radius 2 is 2.05 bits per heavy atom. The van der Waals surface area contributed by atoms with E-state index in [-0.39, 0.29) is 0 Å². The van der Waals surface area contributed by atoms with Gasteiger partial charge in [-0.15, -0.1) is 6.42 Å². The number of ether oxygens (including phenoxy) is 1. The van der Waals surface area contributed by atoms with Gasteiger partial charge < -0.3 is 10.1 Å². The minimum absolute atomic E-state index is 0.306. The minimum Gasteiger partial charge on any atom is -0.481 e. The monoisotopic (exact) mass is 267 g/mol. The molecule has 20 heavy (non-hydrogen) atoms. The Kier molecular flexibility index (Phi) is 5.46. The Morgan fingerprint density at radius 3 is 2.85 bits per heavy atom. The van der Waals surface area contributed by atoms with Gasteiger partial charge in [0.05, 0.1) is 0 Å². The maximum atomic E-state index is 5.68. The minimum atomic E-state index is 0.306. The first-order chi connectivity index (χ1) is 9.86. The van der Waals surface area contributed by atoms with Gasteiger partial charge in [0.1, 0.15) is 12.4 Å². The molecule has 2 rings (SSSR count). The Balaban J connectivity index is 2.27. The second-order valence-electron chi connectivity index (χ2n) is 4.79. The summed E-state index contributed by atoms with van der Waals surface area (Å²) < 4.78 is 5.68. The number of fused-ring (bicyclic) bond motifs is 1. The van der Waals surface area contributed by atoms with E-state index in [0.29, 0.717) is 6.61 Å². The summed E-state index contributed by atoms with van der Waals surface area (Å²) in [4.78, 5) is 0. The number of terminal acetylenes is 1. The van der Waals surface area contributed by atoms with E-state index in [2.05, 4.69) is 48.5 Å². The molecule has 0 saturated carbocycles. The molecular weight excluding hydrogens is 246 g/mol. The Hall–Kier alpha value is -1.98. The largest absolute Gasteiger partial charge is 0.481 e. The molecule has 0 amide bonds. The molecule has 0 spiro atoms. The summed E-state index contributed by atoms with van der Waals surface area (Å²) in [6.07, 6.45) is 7.67. The van der Waals surface area contributed by atoms with E-state index in [0.717, 1.165) is 18.8 Å². The number of unbranched alkanes of at least 4 members (excludes halogenated alkanes) is 1. The average Bonchev–Trinajstić information content (AvgIpc) is 2.50. The van der Waals surface area contributed by atoms with Gasteiger partial charge >= 0.3 is 0 Å². The fourth-order valence-corrected chi connectivity index (χ4v) is 2.27. The molecule has 0 heterocycles. The normalized spacial score (nSPS) is 10.4. The van der Waals surface area contributed by atoms with Crippen molar-refractivity contribution in [3.05, 3.63) is 42.0 Å². The number of benzene rings is 2. The van der Waals surface area contributed by atoms with Crippen molar-refractivity contribution in [3.63, 3.8) is 0 Å². The van der Waals surface area contributed by atoms with Crippen LogP contribution >= 0.6 is 0 Å². The molecule has 0 fully saturated rings. The predicted molar refractivity (Wildman–Crippen MR) is 84.9 cm³/mol. The van der Waals surface area contributed by atoms with Crippen molar-refractivity contribution >= 4 is 10.8 Å². The summed E-state index contributed by atoms with van der Waals surface area (Å²) in [5.74, 6) is 3.41. The second kappa shape index (κ2) is 7.57. The van der Waals surface area contributed by atoms with E-state index >= 15 is 0 Å².